The Morgan fingerprint density at radius 2 is 1.68 bits per heavy atom. The molecule has 3 N–H and O–H groups in total. The molecule has 0 spiro atoms. The Morgan fingerprint density at radius 1 is 1.00 bits per heavy atom. The molecular weight excluding hydrogens is 238 g/mol. The van der Waals surface area contributed by atoms with Crippen molar-refractivity contribution in [3.05, 3.63) is 71.3 Å². The van der Waals surface area contributed by atoms with Gasteiger partial charge in [-0.25, -0.2) is 5.48 Å². The van der Waals surface area contributed by atoms with Crippen molar-refractivity contribution in [1.82, 2.24) is 5.48 Å². The zero-order valence-corrected chi connectivity index (χ0v) is 10.4. The van der Waals surface area contributed by atoms with E-state index in [1.807, 2.05) is 42.5 Å². The van der Waals surface area contributed by atoms with Crippen molar-refractivity contribution in [2.24, 2.45) is 0 Å². The van der Waals surface area contributed by atoms with Crippen LogP contribution in [0.2, 0.25) is 0 Å². The second-order valence-corrected chi connectivity index (χ2v) is 4.11. The van der Waals surface area contributed by atoms with E-state index in [1.165, 1.54) is 0 Å². The predicted molar refractivity (Wildman–Crippen MR) is 73.3 cm³/mol. The van der Waals surface area contributed by atoms with Crippen LogP contribution in [-0.2, 0) is 6.54 Å². The van der Waals surface area contributed by atoms with Crippen molar-refractivity contribution in [3.63, 3.8) is 0 Å². The third-order valence-corrected chi connectivity index (χ3v) is 2.71. The lowest BCUT2D eigenvalue weighted by atomic mass is 10.1. The van der Waals surface area contributed by atoms with Crippen molar-refractivity contribution in [2.75, 3.05) is 0 Å². The molecule has 0 bridgehead atoms. The summed E-state index contributed by atoms with van der Waals surface area (Å²) in [6.07, 6.45) is -0.809. The molecule has 0 saturated heterocycles. The minimum atomic E-state index is -0.809. The molecule has 19 heavy (non-hydrogen) atoms. The first-order valence-electron chi connectivity index (χ1n) is 6.00. The highest BCUT2D eigenvalue weighted by Gasteiger charge is 2.03. The van der Waals surface area contributed by atoms with E-state index in [9.17, 15) is 5.11 Å². The topological polar surface area (TPSA) is 52.5 Å². The van der Waals surface area contributed by atoms with Crippen LogP contribution in [-0.4, -0.2) is 10.3 Å². The third kappa shape index (κ3) is 3.94. The standard InChI is InChI=1S/C16H15NO2/c18-16(11-8-13-4-2-1-3-5-13)15-9-6-14(7-10-15)12-17-19/h1-7,9-10,16-19H,12H2. The Kier molecular flexibility index (Phi) is 4.71. The fourth-order valence-electron chi connectivity index (χ4n) is 1.67. The first-order valence-corrected chi connectivity index (χ1v) is 6.00. The summed E-state index contributed by atoms with van der Waals surface area (Å²) in [5.74, 6) is 5.74. The number of hydrogen-bond acceptors (Lipinski definition) is 3. The van der Waals surface area contributed by atoms with Crippen LogP contribution in [0.4, 0.5) is 0 Å². The van der Waals surface area contributed by atoms with Crippen molar-refractivity contribution in [1.29, 1.82) is 0 Å². The van der Waals surface area contributed by atoms with Gasteiger partial charge in [-0.05, 0) is 23.3 Å². The van der Waals surface area contributed by atoms with Crippen LogP contribution in [0.3, 0.4) is 0 Å². The van der Waals surface area contributed by atoms with E-state index in [-0.39, 0.29) is 0 Å². The van der Waals surface area contributed by atoms with Crippen molar-refractivity contribution in [3.8, 4) is 11.8 Å². The van der Waals surface area contributed by atoms with Gasteiger partial charge in [-0.1, -0.05) is 54.3 Å². The lowest BCUT2D eigenvalue weighted by molar-refractivity contribution is 0.161. The summed E-state index contributed by atoms with van der Waals surface area (Å²) in [6, 6.07) is 16.8. The summed E-state index contributed by atoms with van der Waals surface area (Å²) >= 11 is 0. The summed E-state index contributed by atoms with van der Waals surface area (Å²) < 4.78 is 0. The molecule has 0 aliphatic carbocycles. The molecule has 0 aliphatic rings. The highest BCUT2D eigenvalue weighted by molar-refractivity contribution is 5.37. The van der Waals surface area contributed by atoms with E-state index in [2.05, 4.69) is 17.3 Å². The number of benzene rings is 2. The van der Waals surface area contributed by atoms with Crippen molar-refractivity contribution >= 4 is 0 Å². The molecule has 0 aliphatic heterocycles. The van der Waals surface area contributed by atoms with Gasteiger partial charge in [-0.2, -0.15) is 0 Å². The molecule has 0 heterocycles. The smallest absolute Gasteiger partial charge is 0.140 e. The van der Waals surface area contributed by atoms with Gasteiger partial charge in [0.05, 0.1) is 0 Å². The van der Waals surface area contributed by atoms with E-state index < -0.39 is 6.10 Å². The molecule has 2 aromatic carbocycles. The van der Waals surface area contributed by atoms with E-state index in [0.29, 0.717) is 6.54 Å². The molecule has 2 rings (SSSR count). The molecule has 3 nitrogen and oxygen atoms in total. The molecule has 0 radical (unpaired) electrons. The average Bonchev–Trinajstić information content (AvgIpc) is 2.47. The van der Waals surface area contributed by atoms with Gasteiger partial charge >= 0.3 is 0 Å². The summed E-state index contributed by atoms with van der Waals surface area (Å²) in [6.45, 7) is 0.381. The maximum Gasteiger partial charge on any atom is 0.140 e. The highest BCUT2D eigenvalue weighted by Crippen LogP contribution is 2.13. The Morgan fingerprint density at radius 3 is 2.32 bits per heavy atom. The number of rotatable bonds is 3. The molecule has 0 saturated carbocycles. The third-order valence-electron chi connectivity index (χ3n) is 2.71. The normalized spacial score (nSPS) is 11.5. The van der Waals surface area contributed by atoms with Crippen molar-refractivity contribution < 1.29 is 10.3 Å². The summed E-state index contributed by atoms with van der Waals surface area (Å²) in [4.78, 5) is 0. The van der Waals surface area contributed by atoms with Crippen LogP contribution in [0.25, 0.3) is 0 Å². The fourth-order valence-corrected chi connectivity index (χ4v) is 1.67. The molecule has 0 aromatic heterocycles. The summed E-state index contributed by atoms with van der Waals surface area (Å²) in [5.41, 5.74) is 4.65. The molecular formula is C16H15NO2. The number of nitrogens with one attached hydrogen (secondary N) is 1. The largest absolute Gasteiger partial charge is 0.376 e. The van der Waals surface area contributed by atoms with Gasteiger partial charge in [-0.3, -0.25) is 0 Å². The van der Waals surface area contributed by atoms with Crippen LogP contribution in [0.1, 0.15) is 22.8 Å². The lowest BCUT2D eigenvalue weighted by Crippen LogP contribution is -2.06. The van der Waals surface area contributed by atoms with Crippen LogP contribution < -0.4 is 5.48 Å². The first kappa shape index (κ1) is 13.3. The van der Waals surface area contributed by atoms with Gasteiger partial charge in [0, 0.05) is 12.1 Å². The maximum absolute atomic E-state index is 9.96. The molecule has 96 valence electrons. The Bertz CT molecular complexity index is 567. The molecule has 3 heteroatoms. The summed E-state index contributed by atoms with van der Waals surface area (Å²) in [5, 5.41) is 18.6. The van der Waals surface area contributed by atoms with Gasteiger partial charge in [0.25, 0.3) is 0 Å². The highest BCUT2D eigenvalue weighted by atomic mass is 16.5. The Hall–Kier alpha value is -2.12. The van der Waals surface area contributed by atoms with Gasteiger partial charge in [0.2, 0.25) is 0 Å². The maximum atomic E-state index is 9.96. The SMILES string of the molecule is ONCc1ccc(C(O)C#Cc2ccccc2)cc1. The quantitative estimate of drug-likeness (QED) is 0.581. The van der Waals surface area contributed by atoms with Gasteiger partial charge < -0.3 is 10.3 Å². The summed E-state index contributed by atoms with van der Waals surface area (Å²) in [7, 11) is 0. The minimum Gasteiger partial charge on any atom is -0.376 e. The van der Waals surface area contributed by atoms with Crippen LogP contribution in [0.5, 0.6) is 0 Å². The lowest BCUT2D eigenvalue weighted by Gasteiger charge is -2.05. The number of hydroxylamine groups is 1. The molecule has 2 aromatic rings. The second kappa shape index (κ2) is 6.72. The van der Waals surface area contributed by atoms with Gasteiger partial charge in [0.15, 0.2) is 0 Å². The van der Waals surface area contributed by atoms with Gasteiger partial charge in [0.1, 0.15) is 6.10 Å². The van der Waals surface area contributed by atoms with E-state index in [0.717, 1.165) is 16.7 Å². The van der Waals surface area contributed by atoms with E-state index >= 15 is 0 Å². The average molecular weight is 253 g/mol. The van der Waals surface area contributed by atoms with E-state index in [4.69, 9.17) is 5.21 Å². The fraction of sp³-hybridized carbons (Fsp3) is 0.125. The molecule has 0 amide bonds. The Labute approximate surface area is 112 Å². The second-order valence-electron chi connectivity index (χ2n) is 4.11. The van der Waals surface area contributed by atoms with Crippen LogP contribution in [0, 0.1) is 11.8 Å². The van der Waals surface area contributed by atoms with Crippen LogP contribution in [0.15, 0.2) is 54.6 Å². The zero-order valence-electron chi connectivity index (χ0n) is 10.4. The number of hydrogen-bond donors (Lipinski definition) is 3. The predicted octanol–water partition coefficient (Wildman–Crippen LogP) is 2.25. The minimum absolute atomic E-state index is 0.381. The molecule has 0 fully saturated rings. The van der Waals surface area contributed by atoms with Gasteiger partial charge in [-0.15, -0.1) is 0 Å². The van der Waals surface area contributed by atoms with E-state index in [1.54, 1.807) is 12.1 Å². The molecule has 1 unspecified atom stereocenters. The first-order chi connectivity index (χ1) is 9.29. The van der Waals surface area contributed by atoms with Crippen LogP contribution >= 0.6 is 0 Å². The Balaban J connectivity index is 2.08. The monoisotopic (exact) mass is 253 g/mol. The zero-order chi connectivity index (χ0) is 13.5. The number of aliphatic hydroxyl groups is 1. The number of aliphatic hydroxyl groups excluding tert-OH is 1. The molecule has 1 atom stereocenters. The van der Waals surface area contributed by atoms with Crippen molar-refractivity contribution in [2.45, 2.75) is 12.6 Å².